The number of anilines is 1. The third kappa shape index (κ3) is 2.23. The highest BCUT2D eigenvalue weighted by Gasteiger charge is 2.60. The number of carbonyl (C=O) groups excluding carboxylic acids is 1. The number of rotatable bonds is 3. The molecule has 1 aromatic rings. The highest BCUT2D eigenvalue weighted by atomic mass is 16.5. The van der Waals surface area contributed by atoms with E-state index in [2.05, 4.69) is 20.8 Å². The third-order valence-corrected chi connectivity index (χ3v) is 6.35. The number of hydrogen-bond donors (Lipinski definition) is 1. The van der Waals surface area contributed by atoms with Crippen LogP contribution in [-0.2, 0) is 4.74 Å². The first-order chi connectivity index (χ1) is 9.83. The molecule has 0 heterocycles. The molecule has 3 heteroatoms. The van der Waals surface area contributed by atoms with Gasteiger partial charge in [-0.05, 0) is 66.2 Å². The van der Waals surface area contributed by atoms with E-state index in [1.807, 2.05) is 0 Å². The number of nitrogen functional groups attached to an aromatic ring is 1. The molecule has 3 atom stereocenters. The number of benzene rings is 1. The zero-order chi connectivity index (χ0) is 15.3. The van der Waals surface area contributed by atoms with E-state index in [-0.39, 0.29) is 5.97 Å². The summed E-state index contributed by atoms with van der Waals surface area (Å²) in [6, 6.07) is 6.92. The van der Waals surface area contributed by atoms with E-state index in [9.17, 15) is 4.79 Å². The maximum Gasteiger partial charge on any atom is 0.338 e. The molecular weight excluding hydrogens is 262 g/mol. The Balaban J connectivity index is 1.62. The quantitative estimate of drug-likeness (QED) is 0.678. The molecule has 0 aromatic heterocycles. The number of carbonyl (C=O) groups is 1. The molecule has 0 spiro atoms. The molecule has 21 heavy (non-hydrogen) atoms. The second-order valence-electron chi connectivity index (χ2n) is 7.61. The van der Waals surface area contributed by atoms with Gasteiger partial charge in [-0.15, -0.1) is 0 Å². The van der Waals surface area contributed by atoms with Crippen molar-refractivity contribution in [2.75, 3.05) is 12.3 Å². The van der Waals surface area contributed by atoms with Gasteiger partial charge in [-0.2, -0.15) is 0 Å². The van der Waals surface area contributed by atoms with Crippen LogP contribution < -0.4 is 5.73 Å². The number of hydrogen-bond acceptors (Lipinski definition) is 3. The van der Waals surface area contributed by atoms with Crippen LogP contribution in [0.4, 0.5) is 5.69 Å². The monoisotopic (exact) mass is 287 g/mol. The topological polar surface area (TPSA) is 52.3 Å². The summed E-state index contributed by atoms with van der Waals surface area (Å²) in [6.07, 6.45) is 3.76. The van der Waals surface area contributed by atoms with E-state index in [4.69, 9.17) is 10.5 Å². The molecule has 1 aromatic carbocycles. The molecule has 2 bridgehead atoms. The van der Waals surface area contributed by atoms with Crippen molar-refractivity contribution in [3.63, 3.8) is 0 Å². The van der Waals surface area contributed by atoms with E-state index < -0.39 is 0 Å². The molecule has 3 nitrogen and oxygen atoms in total. The number of ether oxygens (including phenoxy) is 1. The van der Waals surface area contributed by atoms with Crippen molar-refractivity contribution in [1.82, 2.24) is 0 Å². The molecule has 2 N–H and O–H groups in total. The molecule has 3 rings (SSSR count). The largest absolute Gasteiger partial charge is 0.462 e. The van der Waals surface area contributed by atoms with Gasteiger partial charge in [0.05, 0.1) is 12.2 Å². The Bertz CT molecular complexity index is 546. The molecule has 3 unspecified atom stereocenters. The van der Waals surface area contributed by atoms with E-state index in [0.717, 1.165) is 0 Å². The van der Waals surface area contributed by atoms with Crippen LogP contribution >= 0.6 is 0 Å². The Morgan fingerprint density at radius 1 is 1.29 bits per heavy atom. The molecule has 0 aliphatic heterocycles. The van der Waals surface area contributed by atoms with Gasteiger partial charge in [0, 0.05) is 5.69 Å². The van der Waals surface area contributed by atoms with Crippen molar-refractivity contribution in [3.8, 4) is 0 Å². The first kappa shape index (κ1) is 14.4. The first-order valence-electron chi connectivity index (χ1n) is 7.86. The standard InChI is InChI=1S/C18H25NO2/c1-17(2)15-8-9-18(17,3)10-13(15)11-21-16(20)12-4-6-14(19)7-5-12/h4-7,13,15H,8-11,19H2,1-3H3. The molecule has 0 amide bonds. The number of fused-ring (bicyclic) bond motifs is 2. The normalized spacial score (nSPS) is 33.1. The van der Waals surface area contributed by atoms with E-state index in [1.54, 1.807) is 24.3 Å². The van der Waals surface area contributed by atoms with Crippen LogP contribution in [0.25, 0.3) is 0 Å². The Morgan fingerprint density at radius 2 is 1.95 bits per heavy atom. The van der Waals surface area contributed by atoms with Crippen molar-refractivity contribution in [2.45, 2.75) is 40.0 Å². The molecular formula is C18H25NO2. The van der Waals surface area contributed by atoms with Gasteiger partial charge in [-0.3, -0.25) is 0 Å². The van der Waals surface area contributed by atoms with Crippen molar-refractivity contribution < 1.29 is 9.53 Å². The molecule has 2 aliphatic rings. The fraction of sp³-hybridized carbons (Fsp3) is 0.611. The minimum absolute atomic E-state index is 0.235. The molecule has 2 saturated carbocycles. The summed E-state index contributed by atoms with van der Waals surface area (Å²) in [5.74, 6) is 0.957. The van der Waals surface area contributed by atoms with Crippen LogP contribution in [0.3, 0.4) is 0 Å². The van der Waals surface area contributed by atoms with Crippen molar-refractivity contribution in [1.29, 1.82) is 0 Å². The zero-order valence-electron chi connectivity index (χ0n) is 13.2. The molecule has 2 fully saturated rings. The lowest BCUT2D eigenvalue weighted by molar-refractivity contribution is 0.0374. The number of esters is 1. The predicted octanol–water partition coefficient (Wildman–Crippen LogP) is 3.89. The second kappa shape index (κ2) is 4.75. The van der Waals surface area contributed by atoms with Crippen molar-refractivity contribution in [3.05, 3.63) is 29.8 Å². The molecule has 0 radical (unpaired) electrons. The Morgan fingerprint density at radius 3 is 2.48 bits per heavy atom. The van der Waals surface area contributed by atoms with E-state index in [0.29, 0.717) is 40.5 Å². The third-order valence-electron chi connectivity index (χ3n) is 6.35. The van der Waals surface area contributed by atoms with E-state index in [1.165, 1.54) is 19.3 Å². The summed E-state index contributed by atoms with van der Waals surface area (Å²) in [5, 5.41) is 0. The molecule has 2 aliphatic carbocycles. The lowest BCUT2D eigenvalue weighted by Gasteiger charge is -2.34. The van der Waals surface area contributed by atoms with Gasteiger partial charge < -0.3 is 10.5 Å². The van der Waals surface area contributed by atoms with Crippen LogP contribution in [0.15, 0.2) is 24.3 Å². The second-order valence-corrected chi connectivity index (χ2v) is 7.61. The summed E-state index contributed by atoms with van der Waals surface area (Å²) in [6.45, 7) is 7.71. The van der Waals surface area contributed by atoms with Crippen molar-refractivity contribution >= 4 is 11.7 Å². The SMILES string of the molecule is CC12CCC(C(COC(=O)c3ccc(N)cc3)C1)C2(C)C. The minimum Gasteiger partial charge on any atom is -0.462 e. The van der Waals surface area contributed by atoms with E-state index >= 15 is 0 Å². The Kier molecular flexibility index (Phi) is 3.27. The summed E-state index contributed by atoms with van der Waals surface area (Å²) in [5.41, 5.74) is 7.66. The zero-order valence-corrected chi connectivity index (χ0v) is 13.2. The minimum atomic E-state index is -0.235. The van der Waals surface area contributed by atoms with Crippen LogP contribution in [0, 0.1) is 22.7 Å². The van der Waals surface area contributed by atoms with Gasteiger partial charge in [-0.1, -0.05) is 20.8 Å². The Labute approximate surface area is 126 Å². The fourth-order valence-electron chi connectivity index (χ4n) is 4.58. The maximum absolute atomic E-state index is 12.1. The lowest BCUT2D eigenvalue weighted by atomic mass is 9.71. The van der Waals surface area contributed by atoms with Gasteiger partial charge in [0.25, 0.3) is 0 Å². The van der Waals surface area contributed by atoms with Gasteiger partial charge in [-0.25, -0.2) is 4.79 Å². The lowest BCUT2D eigenvalue weighted by Crippen LogP contribution is -2.26. The van der Waals surface area contributed by atoms with Gasteiger partial charge in [0.1, 0.15) is 0 Å². The molecule has 114 valence electrons. The average molecular weight is 287 g/mol. The van der Waals surface area contributed by atoms with Crippen LogP contribution in [-0.4, -0.2) is 12.6 Å². The fourth-order valence-corrected chi connectivity index (χ4v) is 4.58. The van der Waals surface area contributed by atoms with Gasteiger partial charge in [0.2, 0.25) is 0 Å². The van der Waals surface area contributed by atoms with Gasteiger partial charge >= 0.3 is 5.97 Å². The van der Waals surface area contributed by atoms with Crippen molar-refractivity contribution in [2.24, 2.45) is 22.7 Å². The van der Waals surface area contributed by atoms with Gasteiger partial charge in [0.15, 0.2) is 0 Å². The van der Waals surface area contributed by atoms with Crippen LogP contribution in [0.5, 0.6) is 0 Å². The average Bonchev–Trinajstić information content (AvgIpc) is 2.78. The highest BCUT2D eigenvalue weighted by molar-refractivity contribution is 5.89. The van der Waals surface area contributed by atoms with Crippen LogP contribution in [0.2, 0.25) is 0 Å². The summed E-state index contributed by atoms with van der Waals surface area (Å²) < 4.78 is 5.56. The Hall–Kier alpha value is -1.51. The smallest absolute Gasteiger partial charge is 0.338 e. The first-order valence-corrected chi connectivity index (χ1v) is 7.86. The van der Waals surface area contributed by atoms with Crippen LogP contribution in [0.1, 0.15) is 50.4 Å². The summed E-state index contributed by atoms with van der Waals surface area (Å²) in [4.78, 5) is 12.1. The number of nitrogens with two attached hydrogens (primary N) is 1. The maximum atomic E-state index is 12.1. The highest BCUT2D eigenvalue weighted by Crippen LogP contribution is 2.67. The summed E-state index contributed by atoms with van der Waals surface area (Å²) >= 11 is 0. The predicted molar refractivity (Wildman–Crippen MR) is 83.9 cm³/mol. The molecule has 0 saturated heterocycles. The summed E-state index contributed by atoms with van der Waals surface area (Å²) in [7, 11) is 0.